The zero-order chi connectivity index (χ0) is 12.7. The smallest absolute Gasteiger partial charge is 0.273 e. The molecular formula is C10H12N4O3. The number of carbonyl (C=O) groups is 2. The monoisotopic (exact) mass is 236 g/mol. The third-order valence-corrected chi connectivity index (χ3v) is 1.83. The van der Waals surface area contributed by atoms with E-state index in [-0.39, 0.29) is 37.0 Å². The molecule has 90 valence electrons. The van der Waals surface area contributed by atoms with Gasteiger partial charge < -0.3 is 15.2 Å². The van der Waals surface area contributed by atoms with Crippen molar-refractivity contribution in [1.29, 1.82) is 5.26 Å². The van der Waals surface area contributed by atoms with Crippen LogP contribution in [-0.4, -0.2) is 30.1 Å². The van der Waals surface area contributed by atoms with Gasteiger partial charge in [0.2, 0.25) is 5.91 Å². The lowest BCUT2D eigenvalue weighted by Crippen LogP contribution is -2.34. The summed E-state index contributed by atoms with van der Waals surface area (Å²) in [5.41, 5.74) is 0.200. The standard InChI is InChI=1S/C10H12N4O3/c1-7-6-8(14-17-7)10(16)13-5-4-12-9(15)2-3-11/h6H,2,4-5H2,1H3,(H,12,15)(H,13,16). The number of nitrogens with zero attached hydrogens (tertiary/aromatic N) is 2. The first-order chi connectivity index (χ1) is 8.13. The molecule has 0 unspecified atom stereocenters. The van der Waals surface area contributed by atoms with Crippen molar-refractivity contribution in [2.45, 2.75) is 13.3 Å². The number of carbonyl (C=O) groups excluding carboxylic acids is 2. The lowest BCUT2D eigenvalue weighted by atomic mass is 10.3. The second-order valence-corrected chi connectivity index (χ2v) is 3.26. The largest absolute Gasteiger partial charge is 0.361 e. The predicted molar refractivity (Wildman–Crippen MR) is 56.8 cm³/mol. The number of aromatic nitrogens is 1. The molecule has 0 saturated carbocycles. The molecule has 0 radical (unpaired) electrons. The van der Waals surface area contributed by atoms with Crippen LogP contribution in [0.3, 0.4) is 0 Å². The number of hydrogen-bond donors (Lipinski definition) is 2. The van der Waals surface area contributed by atoms with Crippen molar-refractivity contribution in [2.24, 2.45) is 0 Å². The Hall–Kier alpha value is -2.36. The molecule has 0 spiro atoms. The molecule has 0 aliphatic heterocycles. The van der Waals surface area contributed by atoms with E-state index in [9.17, 15) is 9.59 Å². The maximum absolute atomic E-state index is 11.4. The highest BCUT2D eigenvalue weighted by atomic mass is 16.5. The Balaban J connectivity index is 2.21. The molecule has 17 heavy (non-hydrogen) atoms. The van der Waals surface area contributed by atoms with Crippen molar-refractivity contribution >= 4 is 11.8 Å². The molecule has 0 aromatic carbocycles. The van der Waals surface area contributed by atoms with Crippen molar-refractivity contribution in [3.05, 3.63) is 17.5 Å². The molecule has 1 aromatic rings. The molecule has 2 amide bonds. The van der Waals surface area contributed by atoms with Gasteiger partial charge in [0.25, 0.3) is 5.91 Å². The summed E-state index contributed by atoms with van der Waals surface area (Å²) >= 11 is 0. The van der Waals surface area contributed by atoms with Gasteiger partial charge in [0.05, 0.1) is 6.07 Å². The summed E-state index contributed by atoms with van der Waals surface area (Å²) in [5, 5.41) is 16.8. The average molecular weight is 236 g/mol. The summed E-state index contributed by atoms with van der Waals surface area (Å²) in [5.74, 6) is -0.173. The minimum Gasteiger partial charge on any atom is -0.361 e. The van der Waals surface area contributed by atoms with Crippen LogP contribution in [0, 0.1) is 18.3 Å². The molecule has 0 saturated heterocycles. The van der Waals surface area contributed by atoms with Gasteiger partial charge in [-0.05, 0) is 6.92 Å². The molecule has 0 aliphatic rings. The fourth-order valence-electron chi connectivity index (χ4n) is 1.08. The Morgan fingerprint density at radius 1 is 1.47 bits per heavy atom. The summed E-state index contributed by atoms with van der Waals surface area (Å²) in [7, 11) is 0. The van der Waals surface area contributed by atoms with E-state index < -0.39 is 0 Å². The van der Waals surface area contributed by atoms with Crippen molar-refractivity contribution in [2.75, 3.05) is 13.1 Å². The van der Waals surface area contributed by atoms with Crippen LogP contribution < -0.4 is 10.6 Å². The molecule has 2 N–H and O–H groups in total. The first-order valence-electron chi connectivity index (χ1n) is 4.98. The summed E-state index contributed by atoms with van der Waals surface area (Å²) in [4.78, 5) is 22.3. The van der Waals surface area contributed by atoms with Crippen LogP contribution >= 0.6 is 0 Å². The van der Waals surface area contributed by atoms with E-state index in [1.807, 2.05) is 0 Å². The first-order valence-corrected chi connectivity index (χ1v) is 4.98. The second kappa shape index (κ2) is 6.27. The van der Waals surface area contributed by atoms with Gasteiger partial charge in [0.15, 0.2) is 5.69 Å². The number of hydrogen-bond acceptors (Lipinski definition) is 5. The third kappa shape index (κ3) is 4.34. The highest BCUT2D eigenvalue weighted by Gasteiger charge is 2.09. The molecule has 0 aliphatic carbocycles. The van der Waals surface area contributed by atoms with Crippen LogP contribution in [0.1, 0.15) is 22.7 Å². The quantitative estimate of drug-likeness (QED) is 0.685. The molecule has 0 fully saturated rings. The van der Waals surface area contributed by atoms with Crippen LogP contribution in [0.5, 0.6) is 0 Å². The Morgan fingerprint density at radius 3 is 2.76 bits per heavy atom. The Bertz CT molecular complexity index is 447. The molecule has 7 heteroatoms. The van der Waals surface area contributed by atoms with Crippen molar-refractivity contribution in [3.8, 4) is 6.07 Å². The van der Waals surface area contributed by atoms with E-state index >= 15 is 0 Å². The van der Waals surface area contributed by atoms with E-state index in [4.69, 9.17) is 9.78 Å². The van der Waals surface area contributed by atoms with Crippen molar-refractivity contribution in [3.63, 3.8) is 0 Å². The fraction of sp³-hybridized carbons (Fsp3) is 0.400. The van der Waals surface area contributed by atoms with E-state index in [1.165, 1.54) is 6.07 Å². The van der Waals surface area contributed by atoms with Gasteiger partial charge in [-0.25, -0.2) is 0 Å². The SMILES string of the molecule is Cc1cc(C(=O)NCCNC(=O)CC#N)no1. The summed E-state index contributed by atoms with van der Waals surface area (Å²) in [6.45, 7) is 2.22. The zero-order valence-electron chi connectivity index (χ0n) is 9.32. The molecular weight excluding hydrogens is 224 g/mol. The van der Waals surface area contributed by atoms with Crippen LogP contribution in [-0.2, 0) is 4.79 Å². The number of nitriles is 1. The topological polar surface area (TPSA) is 108 Å². The number of rotatable bonds is 5. The lowest BCUT2D eigenvalue weighted by molar-refractivity contribution is -0.120. The lowest BCUT2D eigenvalue weighted by Gasteiger charge is -2.03. The fourth-order valence-corrected chi connectivity index (χ4v) is 1.08. The van der Waals surface area contributed by atoms with E-state index in [0.29, 0.717) is 5.76 Å². The van der Waals surface area contributed by atoms with Crippen LogP contribution in [0.2, 0.25) is 0 Å². The molecule has 1 rings (SSSR count). The predicted octanol–water partition coefficient (Wildman–Crippen LogP) is -0.257. The van der Waals surface area contributed by atoms with Gasteiger partial charge in [-0.3, -0.25) is 9.59 Å². The van der Waals surface area contributed by atoms with Gasteiger partial charge in [0.1, 0.15) is 12.2 Å². The van der Waals surface area contributed by atoms with Crippen LogP contribution in [0.25, 0.3) is 0 Å². The van der Waals surface area contributed by atoms with Gasteiger partial charge in [-0.15, -0.1) is 0 Å². The minimum atomic E-state index is -0.364. The maximum atomic E-state index is 11.4. The summed E-state index contributed by atoms with van der Waals surface area (Å²) in [6.07, 6.45) is -0.184. The van der Waals surface area contributed by atoms with Crippen LogP contribution in [0.4, 0.5) is 0 Å². The van der Waals surface area contributed by atoms with E-state index in [2.05, 4.69) is 15.8 Å². The summed E-state index contributed by atoms with van der Waals surface area (Å²) in [6, 6.07) is 3.24. The molecule has 0 bridgehead atoms. The summed E-state index contributed by atoms with van der Waals surface area (Å²) < 4.78 is 4.75. The molecule has 0 atom stereocenters. The maximum Gasteiger partial charge on any atom is 0.273 e. The van der Waals surface area contributed by atoms with Gasteiger partial charge >= 0.3 is 0 Å². The molecule has 1 heterocycles. The number of amides is 2. The minimum absolute atomic E-state index is 0.184. The molecule has 7 nitrogen and oxygen atoms in total. The van der Waals surface area contributed by atoms with Crippen molar-refractivity contribution in [1.82, 2.24) is 15.8 Å². The number of nitrogens with one attached hydrogen (secondary N) is 2. The Morgan fingerprint density at radius 2 is 2.18 bits per heavy atom. The Labute approximate surface area is 97.8 Å². The normalized spacial score (nSPS) is 9.41. The molecule has 1 aromatic heterocycles. The number of aryl methyl sites for hydroxylation is 1. The Kier molecular flexibility index (Phi) is 4.69. The highest BCUT2D eigenvalue weighted by molar-refractivity contribution is 5.92. The average Bonchev–Trinajstić information content (AvgIpc) is 2.71. The van der Waals surface area contributed by atoms with Gasteiger partial charge in [-0.1, -0.05) is 5.16 Å². The second-order valence-electron chi connectivity index (χ2n) is 3.26. The first kappa shape index (κ1) is 12.7. The third-order valence-electron chi connectivity index (χ3n) is 1.83. The highest BCUT2D eigenvalue weighted by Crippen LogP contribution is 2.00. The van der Waals surface area contributed by atoms with Gasteiger partial charge in [0, 0.05) is 19.2 Å². The zero-order valence-corrected chi connectivity index (χ0v) is 9.32. The van der Waals surface area contributed by atoms with E-state index in [0.717, 1.165) is 0 Å². The van der Waals surface area contributed by atoms with Crippen LogP contribution in [0.15, 0.2) is 10.6 Å². The van der Waals surface area contributed by atoms with E-state index in [1.54, 1.807) is 13.0 Å². The van der Waals surface area contributed by atoms with Crippen molar-refractivity contribution < 1.29 is 14.1 Å². The van der Waals surface area contributed by atoms with Gasteiger partial charge in [-0.2, -0.15) is 5.26 Å².